The van der Waals surface area contributed by atoms with Crippen LogP contribution in [0.2, 0.25) is 0 Å². The van der Waals surface area contributed by atoms with Crippen molar-refractivity contribution in [3.05, 3.63) is 53.3 Å². The average molecular weight is 344 g/mol. The molecule has 1 N–H and O–H groups in total. The molecule has 1 aromatic heterocycles. The summed E-state index contributed by atoms with van der Waals surface area (Å²) in [6.07, 6.45) is 6.21. The molecule has 0 aliphatic carbocycles. The van der Waals surface area contributed by atoms with Gasteiger partial charge in [0.25, 0.3) is 0 Å². The Kier molecular flexibility index (Phi) is 4.25. The molecular formula is C17H18BrN3. The summed E-state index contributed by atoms with van der Waals surface area (Å²) in [6.45, 7) is 3.19. The van der Waals surface area contributed by atoms with Gasteiger partial charge in [-0.15, -0.1) is 0 Å². The fourth-order valence-electron chi connectivity index (χ4n) is 2.43. The van der Waals surface area contributed by atoms with Gasteiger partial charge in [-0.1, -0.05) is 53.5 Å². The third kappa shape index (κ3) is 2.95. The van der Waals surface area contributed by atoms with Crippen LogP contribution in [0.4, 0.5) is 11.6 Å². The van der Waals surface area contributed by atoms with Crippen molar-refractivity contribution in [2.45, 2.75) is 26.3 Å². The van der Waals surface area contributed by atoms with Crippen molar-refractivity contribution in [2.75, 3.05) is 5.32 Å². The first kappa shape index (κ1) is 14.1. The Morgan fingerprint density at radius 2 is 1.95 bits per heavy atom. The summed E-state index contributed by atoms with van der Waals surface area (Å²) < 4.78 is 3.28. The number of benzene rings is 2. The van der Waals surface area contributed by atoms with Crippen LogP contribution in [0.15, 0.2) is 53.3 Å². The molecule has 0 bridgehead atoms. The summed E-state index contributed by atoms with van der Waals surface area (Å²) in [6, 6.07) is 12.5. The van der Waals surface area contributed by atoms with E-state index >= 15 is 0 Å². The maximum Gasteiger partial charge on any atom is 0.207 e. The second kappa shape index (κ2) is 6.31. The van der Waals surface area contributed by atoms with Crippen LogP contribution in [-0.2, 0) is 6.54 Å². The number of nitrogens with one attached hydrogen (secondary N) is 1. The smallest absolute Gasteiger partial charge is 0.207 e. The third-order valence-corrected chi connectivity index (χ3v) is 4.28. The van der Waals surface area contributed by atoms with E-state index in [-0.39, 0.29) is 0 Å². The Morgan fingerprint density at radius 3 is 2.76 bits per heavy atom. The van der Waals surface area contributed by atoms with Gasteiger partial charge in [-0.05, 0) is 23.9 Å². The largest absolute Gasteiger partial charge is 0.325 e. The molecule has 0 aliphatic heterocycles. The van der Waals surface area contributed by atoms with Crippen LogP contribution < -0.4 is 5.32 Å². The Bertz CT molecular complexity index is 749. The number of aromatic nitrogens is 2. The summed E-state index contributed by atoms with van der Waals surface area (Å²) in [5, 5.41) is 5.86. The molecule has 2 aromatic carbocycles. The van der Waals surface area contributed by atoms with E-state index in [0.717, 1.165) is 29.1 Å². The Labute approximate surface area is 133 Å². The van der Waals surface area contributed by atoms with Gasteiger partial charge < -0.3 is 9.88 Å². The zero-order valence-electron chi connectivity index (χ0n) is 12.0. The van der Waals surface area contributed by atoms with E-state index in [1.54, 1.807) is 0 Å². The number of hydrogen-bond acceptors (Lipinski definition) is 2. The van der Waals surface area contributed by atoms with Gasteiger partial charge in [-0.3, -0.25) is 0 Å². The van der Waals surface area contributed by atoms with Crippen LogP contribution >= 0.6 is 15.9 Å². The lowest BCUT2D eigenvalue weighted by atomic mass is 10.1. The topological polar surface area (TPSA) is 29.9 Å². The number of aryl methyl sites for hydroxylation is 1. The Morgan fingerprint density at radius 1 is 1.14 bits per heavy atom. The summed E-state index contributed by atoms with van der Waals surface area (Å²) >= 11 is 3.61. The van der Waals surface area contributed by atoms with Crippen LogP contribution in [0, 0.1) is 0 Å². The molecule has 0 radical (unpaired) electrons. The molecular weight excluding hydrogens is 326 g/mol. The minimum atomic E-state index is 0.899. The highest BCUT2D eigenvalue weighted by molar-refractivity contribution is 9.10. The number of imidazole rings is 1. The first-order chi connectivity index (χ1) is 10.3. The SMILES string of the molecule is CCCCn1ccnc1Nc1ccc(Br)c2ccccc12. The fourth-order valence-corrected chi connectivity index (χ4v) is 2.91. The van der Waals surface area contributed by atoms with Gasteiger partial charge in [-0.25, -0.2) is 4.98 Å². The predicted octanol–water partition coefficient (Wildman–Crippen LogP) is 5.34. The van der Waals surface area contributed by atoms with E-state index in [1.165, 1.54) is 17.2 Å². The lowest BCUT2D eigenvalue weighted by Crippen LogP contribution is -2.03. The van der Waals surface area contributed by atoms with Crippen molar-refractivity contribution in [3.63, 3.8) is 0 Å². The van der Waals surface area contributed by atoms with Gasteiger partial charge >= 0.3 is 0 Å². The molecule has 3 aromatic rings. The molecule has 0 spiro atoms. The predicted molar refractivity (Wildman–Crippen MR) is 92.1 cm³/mol. The third-order valence-electron chi connectivity index (χ3n) is 3.59. The van der Waals surface area contributed by atoms with Crippen molar-refractivity contribution >= 4 is 38.3 Å². The fraction of sp³-hybridized carbons (Fsp3) is 0.235. The average Bonchev–Trinajstić information content (AvgIpc) is 2.95. The maximum atomic E-state index is 4.43. The van der Waals surface area contributed by atoms with Gasteiger partial charge in [0.05, 0.1) is 0 Å². The molecule has 21 heavy (non-hydrogen) atoms. The summed E-state index contributed by atoms with van der Waals surface area (Å²) in [4.78, 5) is 4.43. The number of unbranched alkanes of at least 4 members (excludes halogenated alkanes) is 1. The standard InChI is InChI=1S/C17H18BrN3/c1-2-3-11-21-12-10-19-17(21)20-16-9-8-15(18)13-6-4-5-7-14(13)16/h4-10,12H,2-3,11H2,1H3,(H,19,20). The number of fused-ring (bicyclic) bond motifs is 1. The number of anilines is 2. The molecule has 3 nitrogen and oxygen atoms in total. The Hall–Kier alpha value is -1.81. The van der Waals surface area contributed by atoms with E-state index in [0.29, 0.717) is 0 Å². The van der Waals surface area contributed by atoms with Crippen LogP contribution in [0.5, 0.6) is 0 Å². The molecule has 1 heterocycles. The molecule has 0 unspecified atom stereocenters. The summed E-state index contributed by atoms with van der Waals surface area (Å²) in [5.74, 6) is 0.899. The molecule has 0 saturated carbocycles. The maximum absolute atomic E-state index is 4.43. The van der Waals surface area contributed by atoms with Gasteiger partial charge in [0.2, 0.25) is 5.95 Å². The van der Waals surface area contributed by atoms with Crippen molar-refractivity contribution < 1.29 is 0 Å². The van der Waals surface area contributed by atoms with E-state index in [4.69, 9.17) is 0 Å². The van der Waals surface area contributed by atoms with E-state index in [2.05, 4.69) is 74.1 Å². The van der Waals surface area contributed by atoms with Crippen LogP contribution in [0.3, 0.4) is 0 Å². The van der Waals surface area contributed by atoms with Crippen molar-refractivity contribution in [2.24, 2.45) is 0 Å². The van der Waals surface area contributed by atoms with Crippen molar-refractivity contribution in [1.29, 1.82) is 0 Å². The number of halogens is 1. The van der Waals surface area contributed by atoms with E-state index in [1.807, 2.05) is 12.4 Å². The van der Waals surface area contributed by atoms with Gasteiger partial charge in [0, 0.05) is 34.5 Å². The second-order valence-electron chi connectivity index (χ2n) is 5.06. The molecule has 0 aliphatic rings. The monoisotopic (exact) mass is 343 g/mol. The second-order valence-corrected chi connectivity index (χ2v) is 5.92. The lowest BCUT2D eigenvalue weighted by molar-refractivity contribution is 0.638. The summed E-state index contributed by atoms with van der Waals surface area (Å²) in [5.41, 5.74) is 1.08. The minimum Gasteiger partial charge on any atom is -0.325 e. The molecule has 0 amide bonds. The van der Waals surface area contributed by atoms with Gasteiger partial charge in [-0.2, -0.15) is 0 Å². The highest BCUT2D eigenvalue weighted by Crippen LogP contribution is 2.31. The highest BCUT2D eigenvalue weighted by atomic mass is 79.9. The zero-order valence-corrected chi connectivity index (χ0v) is 13.6. The molecule has 4 heteroatoms. The van der Waals surface area contributed by atoms with Gasteiger partial charge in [0.1, 0.15) is 0 Å². The molecule has 0 atom stereocenters. The molecule has 0 saturated heterocycles. The Balaban J connectivity index is 1.96. The lowest BCUT2D eigenvalue weighted by Gasteiger charge is -2.12. The minimum absolute atomic E-state index is 0.899. The number of hydrogen-bond donors (Lipinski definition) is 1. The van der Waals surface area contributed by atoms with Crippen LogP contribution in [0.1, 0.15) is 19.8 Å². The van der Waals surface area contributed by atoms with Crippen molar-refractivity contribution in [3.8, 4) is 0 Å². The molecule has 0 fully saturated rings. The summed E-state index contributed by atoms with van der Waals surface area (Å²) in [7, 11) is 0. The quantitative estimate of drug-likeness (QED) is 0.677. The molecule has 108 valence electrons. The normalized spacial score (nSPS) is 11.0. The van der Waals surface area contributed by atoms with Crippen LogP contribution in [0.25, 0.3) is 10.8 Å². The van der Waals surface area contributed by atoms with Crippen LogP contribution in [-0.4, -0.2) is 9.55 Å². The number of rotatable bonds is 5. The zero-order chi connectivity index (χ0) is 14.7. The molecule has 3 rings (SSSR count). The van der Waals surface area contributed by atoms with Crippen molar-refractivity contribution in [1.82, 2.24) is 9.55 Å². The first-order valence-electron chi connectivity index (χ1n) is 7.25. The highest BCUT2D eigenvalue weighted by Gasteiger charge is 2.07. The van der Waals surface area contributed by atoms with Gasteiger partial charge in [0.15, 0.2) is 0 Å². The van der Waals surface area contributed by atoms with E-state index < -0.39 is 0 Å². The van der Waals surface area contributed by atoms with E-state index in [9.17, 15) is 0 Å². The number of nitrogens with zero attached hydrogens (tertiary/aromatic N) is 2. The first-order valence-corrected chi connectivity index (χ1v) is 8.04.